The second kappa shape index (κ2) is 2.72. The third-order valence-corrected chi connectivity index (χ3v) is 2.02. The maximum Gasteiger partial charge on any atom is 0.146 e. The van der Waals surface area contributed by atoms with Crippen molar-refractivity contribution in [3.8, 4) is 0 Å². The zero-order chi connectivity index (χ0) is 8.55. The molecule has 0 amide bonds. The van der Waals surface area contributed by atoms with Crippen molar-refractivity contribution < 1.29 is 0 Å². The highest BCUT2D eigenvalue weighted by Crippen LogP contribution is 2.00. The van der Waals surface area contributed by atoms with Gasteiger partial charge in [0, 0.05) is 5.88 Å². The fourth-order valence-electron chi connectivity index (χ4n) is 1.20. The molecule has 0 radical (unpaired) electrons. The zero-order valence-corrected chi connectivity index (χ0v) is 7.17. The smallest absolute Gasteiger partial charge is 0.146 e. The Hall–Kier alpha value is -1.15. The number of alkyl halides is 1. The largest absolute Gasteiger partial charge is 0.228 e. The number of fused-ring (bicyclic) bond motifs is 1. The van der Waals surface area contributed by atoms with E-state index in [1.807, 2.05) is 18.2 Å². The molecule has 0 aliphatic carbocycles. The molecule has 0 atom stereocenters. The summed E-state index contributed by atoms with van der Waals surface area (Å²) < 4.78 is 0. The van der Waals surface area contributed by atoms with Crippen molar-refractivity contribution in [3.05, 3.63) is 46.9 Å². The first kappa shape index (κ1) is 7.50. The van der Waals surface area contributed by atoms with Crippen molar-refractivity contribution in [2.45, 2.75) is 5.88 Å². The van der Waals surface area contributed by atoms with Gasteiger partial charge in [0.15, 0.2) is 0 Å². The molecule has 1 aliphatic heterocycles. The van der Waals surface area contributed by atoms with E-state index >= 15 is 0 Å². The van der Waals surface area contributed by atoms with Crippen LogP contribution < -0.4 is 10.7 Å². The van der Waals surface area contributed by atoms with Crippen LogP contribution in [0.5, 0.6) is 0 Å². The molecule has 0 saturated carbocycles. The number of para-hydroxylation sites is 1. The lowest BCUT2D eigenvalue weighted by Crippen LogP contribution is -2.24. The molecule has 1 aliphatic rings. The molecular formula is C9H7ClN2. The van der Waals surface area contributed by atoms with Crippen molar-refractivity contribution in [3.63, 3.8) is 0 Å². The quantitative estimate of drug-likeness (QED) is 0.577. The van der Waals surface area contributed by atoms with Crippen LogP contribution >= 0.6 is 11.6 Å². The van der Waals surface area contributed by atoms with E-state index < -0.39 is 0 Å². The Balaban J connectivity index is 2.84. The van der Waals surface area contributed by atoms with E-state index in [1.54, 1.807) is 0 Å². The lowest BCUT2D eigenvalue weighted by molar-refractivity contribution is 1.22. The zero-order valence-electron chi connectivity index (χ0n) is 6.42. The summed E-state index contributed by atoms with van der Waals surface area (Å²) in [6.45, 7) is 3.67. The van der Waals surface area contributed by atoms with E-state index in [0.717, 1.165) is 16.3 Å². The fraction of sp³-hybridized carbons (Fsp3) is 0.111. The molecule has 2 nitrogen and oxygen atoms in total. The van der Waals surface area contributed by atoms with Crippen molar-refractivity contribution in [2.75, 3.05) is 0 Å². The van der Waals surface area contributed by atoms with Crippen LogP contribution in [0, 0.1) is 0 Å². The molecular weight excluding hydrogens is 172 g/mol. The summed E-state index contributed by atoms with van der Waals surface area (Å²) >= 11 is 5.73. The van der Waals surface area contributed by atoms with E-state index in [0.29, 0.717) is 11.7 Å². The van der Waals surface area contributed by atoms with E-state index in [9.17, 15) is 0 Å². The first-order valence-electron chi connectivity index (χ1n) is 3.61. The van der Waals surface area contributed by atoms with Gasteiger partial charge < -0.3 is 0 Å². The van der Waals surface area contributed by atoms with Crippen LogP contribution in [0.4, 0.5) is 0 Å². The van der Waals surface area contributed by atoms with Gasteiger partial charge >= 0.3 is 0 Å². The topological polar surface area (TPSA) is 24.7 Å². The second-order valence-electron chi connectivity index (χ2n) is 2.56. The Kier molecular flexibility index (Phi) is 1.70. The molecule has 0 aromatic heterocycles. The molecule has 1 aromatic carbocycles. The molecule has 2 rings (SSSR count). The molecule has 3 heteroatoms. The minimum absolute atomic E-state index is 0.468. The normalized spacial score (nSPS) is 13.6. The Morgan fingerprint density at radius 3 is 2.92 bits per heavy atom. The lowest BCUT2D eigenvalue weighted by atomic mass is 10.2. The van der Waals surface area contributed by atoms with Crippen molar-refractivity contribution in [1.29, 1.82) is 0 Å². The van der Waals surface area contributed by atoms with Crippen LogP contribution in [0.2, 0.25) is 0 Å². The van der Waals surface area contributed by atoms with Crippen LogP contribution in [0.15, 0.2) is 40.6 Å². The van der Waals surface area contributed by atoms with E-state index in [4.69, 9.17) is 11.6 Å². The van der Waals surface area contributed by atoms with Crippen LogP contribution in [-0.2, 0) is 5.88 Å². The fourth-order valence-corrected chi connectivity index (χ4v) is 1.41. The van der Waals surface area contributed by atoms with Crippen LogP contribution in [-0.4, -0.2) is 0 Å². The summed E-state index contributed by atoms with van der Waals surface area (Å²) in [5.74, 6) is 1.03. The van der Waals surface area contributed by atoms with Gasteiger partial charge in [0.1, 0.15) is 5.82 Å². The number of hydrogen-bond acceptors (Lipinski definition) is 2. The SMILES string of the molecule is C=C1N=c2cccc(CCl)c2=N1. The van der Waals surface area contributed by atoms with Gasteiger partial charge in [0.05, 0.1) is 10.7 Å². The minimum atomic E-state index is 0.468. The Morgan fingerprint density at radius 2 is 2.17 bits per heavy atom. The predicted octanol–water partition coefficient (Wildman–Crippen LogP) is 1.15. The van der Waals surface area contributed by atoms with Gasteiger partial charge in [-0.05, 0) is 11.6 Å². The summed E-state index contributed by atoms with van der Waals surface area (Å²) in [7, 11) is 0. The standard InChI is InChI=1S/C9H7ClN2/c1-6-11-8-4-2-3-7(5-10)9(8)12-6/h2-4H,1,5H2. The predicted molar refractivity (Wildman–Crippen MR) is 47.5 cm³/mol. The summed E-state index contributed by atoms with van der Waals surface area (Å²) in [5.41, 5.74) is 1.01. The third kappa shape index (κ3) is 1.04. The number of rotatable bonds is 1. The molecule has 0 fully saturated rings. The van der Waals surface area contributed by atoms with Crippen molar-refractivity contribution >= 4 is 11.6 Å². The third-order valence-electron chi connectivity index (χ3n) is 1.73. The average Bonchev–Trinajstić information content (AvgIpc) is 2.44. The molecule has 0 unspecified atom stereocenters. The molecule has 60 valence electrons. The van der Waals surface area contributed by atoms with Crippen molar-refractivity contribution in [2.24, 2.45) is 9.98 Å². The first-order chi connectivity index (χ1) is 5.81. The highest BCUT2D eigenvalue weighted by molar-refractivity contribution is 6.17. The summed E-state index contributed by atoms with van der Waals surface area (Å²) in [6.07, 6.45) is 0. The van der Waals surface area contributed by atoms with Crippen LogP contribution in [0.3, 0.4) is 0 Å². The van der Waals surface area contributed by atoms with Gasteiger partial charge in [0.25, 0.3) is 0 Å². The van der Waals surface area contributed by atoms with Gasteiger partial charge in [-0.25, -0.2) is 9.98 Å². The van der Waals surface area contributed by atoms with Gasteiger partial charge in [-0.2, -0.15) is 0 Å². The van der Waals surface area contributed by atoms with Gasteiger partial charge in [-0.1, -0.05) is 18.7 Å². The summed E-state index contributed by atoms with van der Waals surface area (Å²) in [4.78, 5) is 8.32. The number of nitrogens with zero attached hydrogens (tertiary/aromatic N) is 2. The first-order valence-corrected chi connectivity index (χ1v) is 4.15. The molecule has 0 N–H and O–H groups in total. The maximum absolute atomic E-state index is 5.73. The van der Waals surface area contributed by atoms with E-state index in [2.05, 4.69) is 16.6 Å². The Morgan fingerprint density at radius 1 is 1.33 bits per heavy atom. The van der Waals surface area contributed by atoms with E-state index in [1.165, 1.54) is 0 Å². The van der Waals surface area contributed by atoms with Crippen molar-refractivity contribution in [1.82, 2.24) is 0 Å². The Bertz CT molecular complexity index is 448. The number of halogens is 1. The number of hydrogen-bond donors (Lipinski definition) is 0. The average molecular weight is 179 g/mol. The maximum atomic E-state index is 5.73. The minimum Gasteiger partial charge on any atom is -0.228 e. The van der Waals surface area contributed by atoms with E-state index in [-0.39, 0.29) is 0 Å². The Labute approximate surface area is 74.9 Å². The highest BCUT2D eigenvalue weighted by Gasteiger charge is 2.03. The van der Waals surface area contributed by atoms with Crippen LogP contribution in [0.25, 0.3) is 0 Å². The lowest BCUT2D eigenvalue weighted by Gasteiger charge is -1.90. The monoisotopic (exact) mass is 178 g/mol. The van der Waals surface area contributed by atoms with Gasteiger partial charge in [-0.15, -0.1) is 11.6 Å². The molecule has 1 heterocycles. The molecule has 0 spiro atoms. The van der Waals surface area contributed by atoms with Gasteiger partial charge in [0.2, 0.25) is 0 Å². The molecule has 1 aromatic rings. The molecule has 12 heavy (non-hydrogen) atoms. The molecule has 0 bridgehead atoms. The summed E-state index contributed by atoms with van der Waals surface area (Å²) in [6, 6.07) is 5.78. The highest BCUT2D eigenvalue weighted by atomic mass is 35.5. The van der Waals surface area contributed by atoms with Gasteiger partial charge in [-0.3, -0.25) is 0 Å². The summed E-state index contributed by atoms with van der Waals surface area (Å²) in [5, 5.41) is 1.75. The number of benzene rings is 1. The molecule has 0 saturated heterocycles. The van der Waals surface area contributed by atoms with Crippen LogP contribution in [0.1, 0.15) is 5.56 Å². The second-order valence-corrected chi connectivity index (χ2v) is 2.83.